The Morgan fingerprint density at radius 2 is 2.32 bits per heavy atom. The van der Waals surface area contributed by atoms with Gasteiger partial charge in [0.25, 0.3) is 0 Å². The summed E-state index contributed by atoms with van der Waals surface area (Å²) in [6.07, 6.45) is 7.43. The Morgan fingerprint density at radius 3 is 2.95 bits per heavy atom. The Balaban J connectivity index is 1.64. The molecule has 104 valence electrons. The summed E-state index contributed by atoms with van der Waals surface area (Å²) in [5.74, 6) is 4.04. The first-order valence-electron chi connectivity index (χ1n) is 6.81. The molecular formula is C15H21NO2S. The van der Waals surface area contributed by atoms with Gasteiger partial charge in [0.15, 0.2) is 0 Å². The van der Waals surface area contributed by atoms with Crippen LogP contribution in [0.1, 0.15) is 25.5 Å². The van der Waals surface area contributed by atoms with Gasteiger partial charge in [-0.3, -0.25) is 4.79 Å². The van der Waals surface area contributed by atoms with E-state index in [1.54, 1.807) is 12.3 Å². The van der Waals surface area contributed by atoms with Gasteiger partial charge in [0.2, 0.25) is 5.91 Å². The summed E-state index contributed by atoms with van der Waals surface area (Å²) in [5.41, 5.74) is 0. The molecule has 2 heterocycles. The molecule has 0 atom stereocenters. The van der Waals surface area contributed by atoms with Gasteiger partial charge in [-0.1, -0.05) is 6.08 Å². The zero-order valence-corrected chi connectivity index (χ0v) is 12.2. The molecule has 1 aliphatic rings. The maximum Gasteiger partial charge on any atom is 0.246 e. The number of furan rings is 1. The molecule has 1 aromatic rings. The van der Waals surface area contributed by atoms with Crippen LogP contribution in [-0.4, -0.2) is 29.6 Å². The zero-order valence-electron chi connectivity index (χ0n) is 11.4. The first kappa shape index (κ1) is 14.3. The summed E-state index contributed by atoms with van der Waals surface area (Å²) < 4.78 is 5.32. The minimum Gasteiger partial charge on any atom is -0.468 e. The van der Waals surface area contributed by atoms with E-state index in [-0.39, 0.29) is 5.91 Å². The van der Waals surface area contributed by atoms with Gasteiger partial charge >= 0.3 is 0 Å². The van der Waals surface area contributed by atoms with Crippen LogP contribution in [0.15, 0.2) is 35.0 Å². The molecule has 0 spiro atoms. The highest BCUT2D eigenvalue weighted by atomic mass is 32.2. The highest BCUT2D eigenvalue weighted by molar-refractivity contribution is 7.98. The first-order chi connectivity index (χ1) is 9.29. The molecule has 1 aromatic heterocycles. The van der Waals surface area contributed by atoms with E-state index in [0.29, 0.717) is 0 Å². The standard InChI is InChI=1S/C15H21NO2S/c1-2-4-15(17)16-8-6-13(7-9-16)11-19-12-14-5-3-10-18-14/h2-5,10,13H,6-9,11-12H2,1H3/b4-2+. The number of likely N-dealkylation sites (tertiary alicyclic amines) is 1. The van der Waals surface area contributed by atoms with Gasteiger partial charge in [0.05, 0.1) is 12.0 Å². The van der Waals surface area contributed by atoms with Gasteiger partial charge in [0.1, 0.15) is 5.76 Å². The molecule has 19 heavy (non-hydrogen) atoms. The fourth-order valence-corrected chi connectivity index (χ4v) is 3.44. The molecule has 1 saturated heterocycles. The summed E-state index contributed by atoms with van der Waals surface area (Å²) in [6.45, 7) is 3.68. The van der Waals surface area contributed by atoms with Crippen LogP contribution in [0.25, 0.3) is 0 Å². The molecular weight excluding hydrogens is 258 g/mol. The quantitative estimate of drug-likeness (QED) is 0.775. The SMILES string of the molecule is C/C=C/C(=O)N1CCC(CSCc2ccco2)CC1. The van der Waals surface area contributed by atoms with Crippen molar-refractivity contribution < 1.29 is 9.21 Å². The fraction of sp³-hybridized carbons (Fsp3) is 0.533. The number of allylic oxidation sites excluding steroid dienone is 1. The molecule has 0 bridgehead atoms. The number of nitrogens with zero attached hydrogens (tertiary/aromatic N) is 1. The second-order valence-corrected chi connectivity index (χ2v) is 5.89. The molecule has 4 heteroatoms. The fourth-order valence-electron chi connectivity index (χ4n) is 2.29. The highest BCUT2D eigenvalue weighted by Crippen LogP contribution is 2.24. The molecule has 3 nitrogen and oxygen atoms in total. The van der Waals surface area contributed by atoms with Crippen LogP contribution >= 0.6 is 11.8 Å². The lowest BCUT2D eigenvalue weighted by Crippen LogP contribution is -2.38. The average molecular weight is 279 g/mol. The Kier molecular flexibility index (Phi) is 5.58. The number of hydrogen-bond acceptors (Lipinski definition) is 3. The van der Waals surface area contributed by atoms with Gasteiger partial charge in [-0.2, -0.15) is 11.8 Å². The number of piperidine rings is 1. The average Bonchev–Trinajstić information content (AvgIpc) is 2.93. The second kappa shape index (κ2) is 7.43. The molecule has 0 N–H and O–H groups in total. The van der Waals surface area contributed by atoms with Crippen molar-refractivity contribution in [3.8, 4) is 0 Å². The third kappa shape index (κ3) is 4.46. The van der Waals surface area contributed by atoms with Crippen molar-refractivity contribution in [1.82, 2.24) is 4.90 Å². The molecule has 1 aliphatic heterocycles. The lowest BCUT2D eigenvalue weighted by atomic mass is 9.99. The molecule has 0 unspecified atom stereocenters. The van der Waals surface area contributed by atoms with Crippen LogP contribution in [0.4, 0.5) is 0 Å². The van der Waals surface area contributed by atoms with E-state index in [0.717, 1.165) is 49.1 Å². The number of rotatable bonds is 5. The molecule has 0 aromatic carbocycles. The molecule has 0 aliphatic carbocycles. The monoisotopic (exact) mass is 279 g/mol. The smallest absolute Gasteiger partial charge is 0.246 e. The van der Waals surface area contributed by atoms with Crippen LogP contribution in [0.2, 0.25) is 0 Å². The number of carbonyl (C=O) groups excluding carboxylic acids is 1. The maximum absolute atomic E-state index is 11.7. The van der Waals surface area contributed by atoms with Crippen LogP contribution in [0, 0.1) is 5.92 Å². The summed E-state index contributed by atoms with van der Waals surface area (Å²) in [7, 11) is 0. The third-order valence-corrected chi connectivity index (χ3v) is 4.61. The summed E-state index contributed by atoms with van der Waals surface area (Å²) in [6, 6.07) is 3.95. The number of hydrogen-bond donors (Lipinski definition) is 0. The second-order valence-electron chi connectivity index (χ2n) is 4.86. The predicted molar refractivity (Wildman–Crippen MR) is 79.0 cm³/mol. The van der Waals surface area contributed by atoms with Crippen molar-refractivity contribution in [1.29, 1.82) is 0 Å². The van der Waals surface area contributed by atoms with E-state index in [1.807, 2.05) is 41.8 Å². The molecule has 0 saturated carbocycles. The summed E-state index contributed by atoms with van der Waals surface area (Å²) >= 11 is 1.93. The number of thioether (sulfide) groups is 1. The van der Waals surface area contributed by atoms with E-state index in [9.17, 15) is 4.79 Å². The van der Waals surface area contributed by atoms with E-state index >= 15 is 0 Å². The van der Waals surface area contributed by atoms with Crippen LogP contribution in [0.5, 0.6) is 0 Å². The van der Waals surface area contributed by atoms with Gasteiger partial charge in [0, 0.05) is 13.1 Å². The number of carbonyl (C=O) groups is 1. The predicted octanol–water partition coefficient (Wildman–Crippen LogP) is 3.33. The lowest BCUT2D eigenvalue weighted by molar-refractivity contribution is -0.127. The van der Waals surface area contributed by atoms with Gasteiger partial charge in [-0.15, -0.1) is 0 Å². The van der Waals surface area contributed by atoms with E-state index in [2.05, 4.69) is 0 Å². The molecule has 0 radical (unpaired) electrons. The molecule has 2 rings (SSSR count). The van der Waals surface area contributed by atoms with Gasteiger partial charge < -0.3 is 9.32 Å². The van der Waals surface area contributed by atoms with Crippen molar-refractivity contribution in [3.63, 3.8) is 0 Å². The van der Waals surface area contributed by atoms with Crippen LogP contribution < -0.4 is 0 Å². The van der Waals surface area contributed by atoms with E-state index < -0.39 is 0 Å². The van der Waals surface area contributed by atoms with Crippen molar-refractivity contribution in [2.75, 3.05) is 18.8 Å². The largest absolute Gasteiger partial charge is 0.468 e. The van der Waals surface area contributed by atoms with Crippen molar-refractivity contribution in [2.45, 2.75) is 25.5 Å². The minimum absolute atomic E-state index is 0.157. The van der Waals surface area contributed by atoms with Crippen molar-refractivity contribution in [2.24, 2.45) is 5.92 Å². The Morgan fingerprint density at radius 1 is 1.53 bits per heavy atom. The van der Waals surface area contributed by atoms with Gasteiger partial charge in [-0.05, 0) is 49.6 Å². The molecule has 1 amide bonds. The first-order valence-corrected chi connectivity index (χ1v) is 7.97. The van der Waals surface area contributed by atoms with E-state index in [4.69, 9.17) is 4.42 Å². The molecule has 1 fully saturated rings. The minimum atomic E-state index is 0.157. The Labute approximate surface area is 119 Å². The van der Waals surface area contributed by atoms with Crippen molar-refractivity contribution >= 4 is 17.7 Å². The van der Waals surface area contributed by atoms with E-state index in [1.165, 1.54) is 0 Å². The van der Waals surface area contributed by atoms with Crippen molar-refractivity contribution in [3.05, 3.63) is 36.3 Å². The maximum atomic E-state index is 11.7. The highest BCUT2D eigenvalue weighted by Gasteiger charge is 2.21. The van der Waals surface area contributed by atoms with Gasteiger partial charge in [-0.25, -0.2) is 0 Å². The number of amides is 1. The Hall–Kier alpha value is -1.16. The normalized spacial score (nSPS) is 17.2. The van der Waals surface area contributed by atoms with Crippen LogP contribution in [0.3, 0.4) is 0 Å². The third-order valence-electron chi connectivity index (χ3n) is 3.41. The van der Waals surface area contributed by atoms with Crippen LogP contribution in [-0.2, 0) is 10.5 Å². The summed E-state index contributed by atoms with van der Waals surface area (Å²) in [4.78, 5) is 13.6. The lowest BCUT2D eigenvalue weighted by Gasteiger charge is -2.31. The Bertz CT molecular complexity index is 406. The summed E-state index contributed by atoms with van der Waals surface area (Å²) in [5, 5.41) is 0. The zero-order chi connectivity index (χ0) is 13.5. The topological polar surface area (TPSA) is 33.5 Å².